The maximum absolute atomic E-state index is 13.6. The van der Waals surface area contributed by atoms with Crippen LogP contribution >= 0.6 is 0 Å². The standard InChI is InChI=1S/C12H10F2N4O3/c13-6-1-2-7(15)9(14)8(6)11(20)16-3-5-4-17-12(21)18-10(5)19/h1-2,4H,3,15H2,(H,16,20)(H2,17,18,19,21). The molecule has 1 aromatic carbocycles. The third-order valence-electron chi connectivity index (χ3n) is 2.68. The summed E-state index contributed by atoms with van der Waals surface area (Å²) in [6.45, 7) is -0.321. The van der Waals surface area contributed by atoms with E-state index in [1.54, 1.807) is 0 Å². The van der Waals surface area contributed by atoms with Crippen molar-refractivity contribution in [3.05, 3.63) is 61.9 Å². The van der Waals surface area contributed by atoms with E-state index in [-0.39, 0.29) is 17.8 Å². The number of benzene rings is 1. The first-order valence-corrected chi connectivity index (χ1v) is 5.72. The summed E-state index contributed by atoms with van der Waals surface area (Å²) in [6.07, 6.45) is 1.09. The number of rotatable bonds is 3. The van der Waals surface area contributed by atoms with Crippen LogP contribution in [0.5, 0.6) is 0 Å². The van der Waals surface area contributed by atoms with Crippen LogP contribution in [-0.4, -0.2) is 15.9 Å². The Morgan fingerprint density at radius 2 is 2.00 bits per heavy atom. The molecule has 0 unspecified atom stereocenters. The highest BCUT2D eigenvalue weighted by Gasteiger charge is 2.19. The molecule has 7 nitrogen and oxygen atoms in total. The smallest absolute Gasteiger partial charge is 0.325 e. The number of nitrogens with two attached hydrogens (primary N) is 1. The molecule has 5 N–H and O–H groups in total. The molecule has 110 valence electrons. The van der Waals surface area contributed by atoms with Crippen LogP contribution in [-0.2, 0) is 6.54 Å². The van der Waals surface area contributed by atoms with Crippen molar-refractivity contribution in [3.63, 3.8) is 0 Å². The lowest BCUT2D eigenvalue weighted by Gasteiger charge is -2.08. The van der Waals surface area contributed by atoms with E-state index in [1.165, 1.54) is 0 Å². The van der Waals surface area contributed by atoms with E-state index >= 15 is 0 Å². The van der Waals surface area contributed by atoms with Crippen molar-refractivity contribution in [2.45, 2.75) is 6.54 Å². The molecule has 0 atom stereocenters. The summed E-state index contributed by atoms with van der Waals surface area (Å²) in [5, 5.41) is 2.17. The number of nitrogens with one attached hydrogen (secondary N) is 3. The second-order valence-electron chi connectivity index (χ2n) is 4.11. The average Bonchev–Trinajstić information content (AvgIpc) is 2.42. The van der Waals surface area contributed by atoms with Crippen molar-refractivity contribution >= 4 is 11.6 Å². The monoisotopic (exact) mass is 296 g/mol. The Hall–Kier alpha value is -2.97. The first-order valence-electron chi connectivity index (χ1n) is 5.72. The molecule has 0 radical (unpaired) electrons. The number of anilines is 1. The number of carbonyl (C=O) groups excluding carboxylic acids is 1. The number of carbonyl (C=O) groups is 1. The van der Waals surface area contributed by atoms with Gasteiger partial charge in [-0.15, -0.1) is 0 Å². The van der Waals surface area contributed by atoms with Crippen molar-refractivity contribution in [1.82, 2.24) is 15.3 Å². The normalized spacial score (nSPS) is 10.4. The molecule has 0 fully saturated rings. The highest BCUT2D eigenvalue weighted by atomic mass is 19.1. The van der Waals surface area contributed by atoms with Gasteiger partial charge >= 0.3 is 5.69 Å². The topological polar surface area (TPSA) is 121 Å². The molecule has 2 rings (SSSR count). The number of halogens is 2. The zero-order valence-electron chi connectivity index (χ0n) is 10.5. The summed E-state index contributed by atoms with van der Waals surface area (Å²) in [7, 11) is 0. The predicted molar refractivity (Wildman–Crippen MR) is 69.6 cm³/mol. The SMILES string of the molecule is Nc1ccc(F)c(C(=O)NCc2c[nH]c(=O)[nH]c2=O)c1F. The maximum atomic E-state index is 13.6. The predicted octanol–water partition coefficient (Wildman–Crippen LogP) is -0.146. The van der Waals surface area contributed by atoms with Crippen LogP contribution in [0.25, 0.3) is 0 Å². The first kappa shape index (κ1) is 14.4. The Labute approximate surface area is 115 Å². The van der Waals surface area contributed by atoms with Gasteiger partial charge in [-0.05, 0) is 12.1 Å². The van der Waals surface area contributed by atoms with Gasteiger partial charge in [0.2, 0.25) is 0 Å². The van der Waals surface area contributed by atoms with Gasteiger partial charge in [-0.3, -0.25) is 14.6 Å². The highest BCUT2D eigenvalue weighted by molar-refractivity contribution is 5.95. The van der Waals surface area contributed by atoms with E-state index in [2.05, 4.69) is 10.3 Å². The van der Waals surface area contributed by atoms with Crippen LogP contribution in [0, 0.1) is 11.6 Å². The lowest BCUT2D eigenvalue weighted by Crippen LogP contribution is -2.31. The number of aromatic amines is 2. The van der Waals surface area contributed by atoms with Crippen LogP contribution in [0.15, 0.2) is 27.9 Å². The molecule has 21 heavy (non-hydrogen) atoms. The molecule has 0 spiro atoms. The van der Waals surface area contributed by atoms with Gasteiger partial charge in [0.05, 0.1) is 11.3 Å². The van der Waals surface area contributed by atoms with Gasteiger partial charge in [0.1, 0.15) is 11.4 Å². The maximum Gasteiger partial charge on any atom is 0.325 e. The Kier molecular flexibility index (Phi) is 3.83. The lowest BCUT2D eigenvalue weighted by atomic mass is 10.1. The molecule has 1 aromatic heterocycles. The van der Waals surface area contributed by atoms with E-state index in [0.29, 0.717) is 0 Å². The molecular formula is C12H10F2N4O3. The van der Waals surface area contributed by atoms with Gasteiger partial charge in [0, 0.05) is 12.7 Å². The molecular weight excluding hydrogens is 286 g/mol. The lowest BCUT2D eigenvalue weighted by molar-refractivity contribution is 0.0942. The van der Waals surface area contributed by atoms with E-state index in [9.17, 15) is 23.2 Å². The Bertz CT molecular complexity index is 813. The summed E-state index contributed by atoms with van der Waals surface area (Å²) < 4.78 is 27.1. The molecule has 9 heteroatoms. The molecule has 1 heterocycles. The Balaban J connectivity index is 2.21. The minimum absolute atomic E-state index is 0.0210. The average molecular weight is 296 g/mol. The van der Waals surface area contributed by atoms with Gasteiger partial charge in [0.25, 0.3) is 11.5 Å². The largest absolute Gasteiger partial charge is 0.396 e. The van der Waals surface area contributed by atoms with Crippen LogP contribution < -0.4 is 22.3 Å². The number of hydrogen-bond acceptors (Lipinski definition) is 4. The quantitative estimate of drug-likeness (QED) is 0.589. The van der Waals surface area contributed by atoms with Crippen molar-refractivity contribution < 1.29 is 13.6 Å². The van der Waals surface area contributed by atoms with Gasteiger partial charge in [0.15, 0.2) is 5.82 Å². The fourth-order valence-corrected chi connectivity index (χ4v) is 1.61. The zero-order valence-corrected chi connectivity index (χ0v) is 10.5. The zero-order chi connectivity index (χ0) is 15.6. The molecule has 1 amide bonds. The molecule has 0 aliphatic heterocycles. The van der Waals surface area contributed by atoms with Gasteiger partial charge in [-0.1, -0.05) is 0 Å². The number of amides is 1. The Morgan fingerprint density at radius 3 is 2.67 bits per heavy atom. The Morgan fingerprint density at radius 1 is 1.29 bits per heavy atom. The van der Waals surface area contributed by atoms with Gasteiger partial charge in [-0.2, -0.15) is 0 Å². The minimum Gasteiger partial charge on any atom is -0.396 e. The third kappa shape index (κ3) is 2.96. The summed E-state index contributed by atoms with van der Waals surface area (Å²) in [4.78, 5) is 38.1. The molecule has 0 aliphatic rings. The van der Waals surface area contributed by atoms with Crippen LogP contribution in [0.2, 0.25) is 0 Å². The summed E-state index contributed by atoms with van der Waals surface area (Å²) >= 11 is 0. The van der Waals surface area contributed by atoms with E-state index < -0.39 is 34.4 Å². The number of H-pyrrole nitrogens is 2. The fourth-order valence-electron chi connectivity index (χ4n) is 1.61. The van der Waals surface area contributed by atoms with Crippen LogP contribution in [0.4, 0.5) is 14.5 Å². The summed E-state index contributed by atoms with van der Waals surface area (Å²) in [5.41, 5.74) is 2.65. The molecule has 0 bridgehead atoms. The molecule has 0 saturated heterocycles. The fraction of sp³-hybridized carbons (Fsp3) is 0.0833. The van der Waals surface area contributed by atoms with E-state index in [1.807, 2.05) is 4.98 Å². The molecule has 2 aromatic rings. The minimum atomic E-state index is -1.18. The summed E-state index contributed by atoms with van der Waals surface area (Å²) in [5.74, 6) is -3.32. The van der Waals surface area contributed by atoms with Crippen molar-refractivity contribution in [1.29, 1.82) is 0 Å². The number of aromatic nitrogens is 2. The van der Waals surface area contributed by atoms with Gasteiger partial charge in [-0.25, -0.2) is 13.6 Å². The molecule has 0 saturated carbocycles. The van der Waals surface area contributed by atoms with E-state index in [4.69, 9.17) is 5.73 Å². The van der Waals surface area contributed by atoms with Crippen molar-refractivity contribution in [2.75, 3.05) is 5.73 Å². The second-order valence-corrected chi connectivity index (χ2v) is 4.11. The number of nitrogen functional groups attached to an aromatic ring is 1. The highest BCUT2D eigenvalue weighted by Crippen LogP contribution is 2.18. The van der Waals surface area contributed by atoms with Crippen molar-refractivity contribution in [2.24, 2.45) is 0 Å². The summed E-state index contributed by atoms with van der Waals surface area (Å²) in [6, 6.07) is 1.86. The molecule has 0 aliphatic carbocycles. The van der Waals surface area contributed by atoms with Crippen LogP contribution in [0.1, 0.15) is 15.9 Å². The van der Waals surface area contributed by atoms with Crippen LogP contribution in [0.3, 0.4) is 0 Å². The first-order chi connectivity index (χ1) is 9.90. The van der Waals surface area contributed by atoms with E-state index in [0.717, 1.165) is 18.3 Å². The van der Waals surface area contributed by atoms with Gasteiger partial charge < -0.3 is 16.0 Å². The third-order valence-corrected chi connectivity index (χ3v) is 2.68. The second kappa shape index (κ2) is 5.57. The van der Waals surface area contributed by atoms with Crippen molar-refractivity contribution in [3.8, 4) is 0 Å². The number of hydrogen-bond donors (Lipinski definition) is 4.